The summed E-state index contributed by atoms with van der Waals surface area (Å²) >= 11 is 7.42. The Labute approximate surface area is 108 Å². The number of aromatic nitrogens is 1. The minimum Gasteiger partial charge on any atom is -0.298 e. The molecular formula is C12H11ClN2OS. The summed E-state index contributed by atoms with van der Waals surface area (Å²) in [4.78, 5) is 17.2. The van der Waals surface area contributed by atoms with Gasteiger partial charge in [-0.2, -0.15) is 0 Å². The molecule has 17 heavy (non-hydrogen) atoms. The monoisotopic (exact) mass is 266 g/mol. The van der Waals surface area contributed by atoms with Crippen LogP contribution in [0.2, 0.25) is 5.02 Å². The number of carbonyl (C=O) groups is 1. The van der Waals surface area contributed by atoms with Crippen molar-refractivity contribution >= 4 is 34.0 Å². The Kier molecular flexibility index (Phi) is 3.76. The molecule has 2 rings (SSSR count). The maximum absolute atomic E-state index is 11.9. The first kappa shape index (κ1) is 12.1. The van der Waals surface area contributed by atoms with Crippen LogP contribution in [0.4, 0.5) is 5.13 Å². The number of carbonyl (C=O) groups excluding carboxylic acids is 1. The lowest BCUT2D eigenvalue weighted by Crippen LogP contribution is -2.11. The van der Waals surface area contributed by atoms with Gasteiger partial charge in [-0.1, -0.05) is 30.7 Å². The van der Waals surface area contributed by atoms with Crippen LogP contribution in [0, 0.1) is 0 Å². The molecule has 0 saturated carbocycles. The largest absolute Gasteiger partial charge is 0.298 e. The summed E-state index contributed by atoms with van der Waals surface area (Å²) in [7, 11) is 0. The quantitative estimate of drug-likeness (QED) is 0.922. The molecule has 0 spiro atoms. The molecule has 0 aliphatic heterocycles. The molecule has 3 nitrogen and oxygen atoms in total. The van der Waals surface area contributed by atoms with Crippen LogP contribution >= 0.6 is 22.9 Å². The lowest BCUT2D eigenvalue weighted by atomic mass is 10.2. The molecule has 0 aliphatic rings. The number of amides is 1. The van der Waals surface area contributed by atoms with Gasteiger partial charge in [0, 0.05) is 11.1 Å². The zero-order valence-electron chi connectivity index (χ0n) is 9.24. The standard InChI is InChI=1S/C12H11ClN2OS/c1-2-8-7-14-12(17-8)15-11(16)9-5-3-4-6-10(9)13/h3-7H,2H2,1H3,(H,14,15,16). The normalized spacial score (nSPS) is 10.2. The second kappa shape index (κ2) is 5.29. The number of thiazole rings is 1. The third kappa shape index (κ3) is 2.84. The fourth-order valence-corrected chi connectivity index (χ4v) is 2.31. The smallest absolute Gasteiger partial charge is 0.258 e. The Balaban J connectivity index is 2.14. The average molecular weight is 267 g/mol. The number of halogens is 1. The number of rotatable bonds is 3. The zero-order valence-corrected chi connectivity index (χ0v) is 10.8. The van der Waals surface area contributed by atoms with Gasteiger partial charge in [-0.15, -0.1) is 11.3 Å². The molecule has 5 heteroatoms. The first-order chi connectivity index (χ1) is 8.20. The summed E-state index contributed by atoms with van der Waals surface area (Å²) in [6.07, 6.45) is 2.69. The van der Waals surface area contributed by atoms with Crippen molar-refractivity contribution in [3.05, 3.63) is 45.9 Å². The molecule has 1 aromatic carbocycles. The van der Waals surface area contributed by atoms with E-state index in [-0.39, 0.29) is 5.91 Å². The van der Waals surface area contributed by atoms with Gasteiger partial charge in [0.05, 0.1) is 10.6 Å². The van der Waals surface area contributed by atoms with Gasteiger partial charge in [-0.25, -0.2) is 4.98 Å². The number of hydrogen-bond acceptors (Lipinski definition) is 3. The highest BCUT2D eigenvalue weighted by molar-refractivity contribution is 7.15. The molecule has 1 amide bonds. The zero-order chi connectivity index (χ0) is 12.3. The van der Waals surface area contributed by atoms with Crippen molar-refractivity contribution in [3.8, 4) is 0 Å². The van der Waals surface area contributed by atoms with Crippen LogP contribution in [0.15, 0.2) is 30.5 Å². The van der Waals surface area contributed by atoms with E-state index in [1.165, 1.54) is 11.3 Å². The van der Waals surface area contributed by atoms with Gasteiger partial charge in [-0.05, 0) is 18.6 Å². The van der Waals surface area contributed by atoms with Crippen LogP contribution in [-0.2, 0) is 6.42 Å². The van der Waals surface area contributed by atoms with Crippen molar-refractivity contribution < 1.29 is 4.79 Å². The molecule has 0 fully saturated rings. The van der Waals surface area contributed by atoms with Gasteiger partial charge in [0.25, 0.3) is 5.91 Å². The molecule has 0 saturated heterocycles. The van der Waals surface area contributed by atoms with Gasteiger partial charge in [0.2, 0.25) is 0 Å². The SMILES string of the molecule is CCc1cnc(NC(=O)c2ccccc2Cl)s1. The summed E-state index contributed by atoms with van der Waals surface area (Å²) < 4.78 is 0. The summed E-state index contributed by atoms with van der Waals surface area (Å²) in [5, 5.41) is 3.78. The van der Waals surface area contributed by atoms with Gasteiger partial charge in [-0.3, -0.25) is 10.1 Å². The Morgan fingerprint density at radius 3 is 2.88 bits per heavy atom. The van der Waals surface area contributed by atoms with E-state index < -0.39 is 0 Å². The number of aryl methyl sites for hydroxylation is 1. The minimum absolute atomic E-state index is 0.229. The van der Waals surface area contributed by atoms with Crippen molar-refractivity contribution in [3.63, 3.8) is 0 Å². The maximum atomic E-state index is 11.9. The van der Waals surface area contributed by atoms with Crippen LogP contribution in [0.5, 0.6) is 0 Å². The Morgan fingerprint density at radius 1 is 1.47 bits per heavy atom. The van der Waals surface area contributed by atoms with Gasteiger partial charge < -0.3 is 0 Å². The van der Waals surface area contributed by atoms with Crippen molar-refractivity contribution in [2.45, 2.75) is 13.3 Å². The summed E-state index contributed by atoms with van der Waals surface area (Å²) in [5.41, 5.74) is 0.461. The number of nitrogens with one attached hydrogen (secondary N) is 1. The Hall–Kier alpha value is -1.39. The second-order valence-corrected chi connectivity index (χ2v) is 4.94. The van der Waals surface area contributed by atoms with E-state index in [4.69, 9.17) is 11.6 Å². The van der Waals surface area contributed by atoms with E-state index in [0.717, 1.165) is 11.3 Å². The van der Waals surface area contributed by atoms with Crippen molar-refractivity contribution in [2.75, 3.05) is 5.32 Å². The first-order valence-corrected chi connectivity index (χ1v) is 6.40. The van der Waals surface area contributed by atoms with E-state index in [9.17, 15) is 4.79 Å². The van der Waals surface area contributed by atoms with E-state index in [2.05, 4.69) is 10.3 Å². The molecule has 0 unspecified atom stereocenters. The van der Waals surface area contributed by atoms with Crippen LogP contribution < -0.4 is 5.32 Å². The van der Waals surface area contributed by atoms with Crippen molar-refractivity contribution in [2.24, 2.45) is 0 Å². The lowest BCUT2D eigenvalue weighted by molar-refractivity contribution is 0.102. The van der Waals surface area contributed by atoms with Crippen molar-refractivity contribution in [1.29, 1.82) is 0 Å². The lowest BCUT2D eigenvalue weighted by Gasteiger charge is -2.02. The second-order valence-electron chi connectivity index (χ2n) is 3.42. The number of benzene rings is 1. The topological polar surface area (TPSA) is 42.0 Å². The summed E-state index contributed by atoms with van der Waals surface area (Å²) in [6, 6.07) is 6.94. The summed E-state index contributed by atoms with van der Waals surface area (Å²) in [5.74, 6) is -0.229. The highest BCUT2D eigenvalue weighted by atomic mass is 35.5. The van der Waals surface area contributed by atoms with Gasteiger partial charge in [0.15, 0.2) is 5.13 Å². The van der Waals surface area contributed by atoms with E-state index in [1.807, 2.05) is 6.92 Å². The minimum atomic E-state index is -0.229. The predicted molar refractivity (Wildman–Crippen MR) is 70.9 cm³/mol. The first-order valence-electron chi connectivity index (χ1n) is 5.21. The molecule has 0 radical (unpaired) electrons. The van der Waals surface area contributed by atoms with Crippen molar-refractivity contribution in [1.82, 2.24) is 4.98 Å². The third-order valence-electron chi connectivity index (χ3n) is 2.24. The third-order valence-corrected chi connectivity index (χ3v) is 3.63. The Morgan fingerprint density at radius 2 is 2.24 bits per heavy atom. The molecular weight excluding hydrogens is 256 g/mol. The molecule has 0 aliphatic carbocycles. The van der Waals surface area contributed by atoms with Crippen LogP contribution in [-0.4, -0.2) is 10.9 Å². The molecule has 1 aromatic heterocycles. The molecule has 0 atom stereocenters. The van der Waals surface area contributed by atoms with Gasteiger partial charge >= 0.3 is 0 Å². The van der Waals surface area contributed by atoms with Crippen LogP contribution in [0.3, 0.4) is 0 Å². The fourth-order valence-electron chi connectivity index (χ4n) is 1.34. The number of hydrogen-bond donors (Lipinski definition) is 1. The maximum Gasteiger partial charge on any atom is 0.258 e. The van der Waals surface area contributed by atoms with Gasteiger partial charge in [0.1, 0.15) is 0 Å². The predicted octanol–water partition coefficient (Wildman–Crippen LogP) is 3.61. The van der Waals surface area contributed by atoms with E-state index >= 15 is 0 Å². The van der Waals surface area contributed by atoms with Crippen LogP contribution in [0.1, 0.15) is 22.2 Å². The van der Waals surface area contributed by atoms with E-state index in [1.54, 1.807) is 30.5 Å². The highest BCUT2D eigenvalue weighted by Gasteiger charge is 2.11. The molecule has 2 aromatic rings. The Bertz CT molecular complexity index is 539. The number of nitrogens with zero attached hydrogens (tertiary/aromatic N) is 1. The molecule has 1 heterocycles. The molecule has 1 N–H and O–H groups in total. The highest BCUT2D eigenvalue weighted by Crippen LogP contribution is 2.21. The van der Waals surface area contributed by atoms with E-state index in [0.29, 0.717) is 15.7 Å². The fraction of sp³-hybridized carbons (Fsp3) is 0.167. The summed E-state index contributed by atoms with van der Waals surface area (Å²) in [6.45, 7) is 2.05. The molecule has 88 valence electrons. The number of anilines is 1. The molecule has 0 bridgehead atoms. The average Bonchev–Trinajstić information content (AvgIpc) is 2.77. The van der Waals surface area contributed by atoms with Crippen LogP contribution in [0.25, 0.3) is 0 Å².